The van der Waals surface area contributed by atoms with E-state index in [1.54, 1.807) is 7.11 Å². The van der Waals surface area contributed by atoms with Crippen LogP contribution in [0, 0.1) is 5.92 Å². The van der Waals surface area contributed by atoms with Gasteiger partial charge in [-0.1, -0.05) is 36.4 Å². The Balaban J connectivity index is 1.54. The minimum atomic E-state index is 0.0769. The largest absolute Gasteiger partial charge is 0.493 e. The van der Waals surface area contributed by atoms with Gasteiger partial charge in [0, 0.05) is 18.2 Å². The first-order chi connectivity index (χ1) is 12.8. The Labute approximate surface area is 158 Å². The van der Waals surface area contributed by atoms with Crippen molar-refractivity contribution < 1.29 is 14.3 Å². The van der Waals surface area contributed by atoms with Crippen LogP contribution in [0.3, 0.4) is 0 Å². The van der Waals surface area contributed by atoms with Gasteiger partial charge in [0.05, 0.1) is 7.11 Å². The minimum Gasteiger partial charge on any atom is -0.493 e. The van der Waals surface area contributed by atoms with Gasteiger partial charge in [0.15, 0.2) is 11.5 Å². The van der Waals surface area contributed by atoms with Crippen LogP contribution in [0.15, 0.2) is 48.5 Å². The maximum absolute atomic E-state index is 12.6. The van der Waals surface area contributed by atoms with Gasteiger partial charge in [0.25, 0.3) is 0 Å². The number of amides is 1. The van der Waals surface area contributed by atoms with E-state index < -0.39 is 0 Å². The topological polar surface area (TPSA) is 38.8 Å². The molecule has 26 heavy (non-hydrogen) atoms. The summed E-state index contributed by atoms with van der Waals surface area (Å²) in [5.41, 5.74) is 2.21. The number of methoxy groups -OCH3 is 1. The van der Waals surface area contributed by atoms with Crippen molar-refractivity contribution in [2.75, 3.05) is 19.4 Å². The molecule has 1 amide bonds. The Morgan fingerprint density at radius 1 is 1.15 bits per heavy atom. The van der Waals surface area contributed by atoms with E-state index >= 15 is 0 Å². The molecule has 0 unspecified atom stereocenters. The summed E-state index contributed by atoms with van der Waals surface area (Å²) in [5.74, 6) is 2.98. The Morgan fingerprint density at radius 3 is 2.69 bits per heavy atom. The van der Waals surface area contributed by atoms with Gasteiger partial charge in [-0.05, 0) is 36.1 Å². The highest BCUT2D eigenvalue weighted by Gasteiger charge is 2.39. The summed E-state index contributed by atoms with van der Waals surface area (Å²) in [5, 5.41) is 0.0769. The van der Waals surface area contributed by atoms with Crippen LogP contribution in [-0.2, 0) is 11.4 Å². The van der Waals surface area contributed by atoms with Gasteiger partial charge in [0.2, 0.25) is 5.91 Å². The number of carbonyl (C=O) groups excluding carboxylic acids is 1. The molecule has 1 saturated heterocycles. The Morgan fingerprint density at radius 2 is 1.96 bits per heavy atom. The van der Waals surface area contributed by atoms with Crippen molar-refractivity contribution >= 4 is 17.7 Å². The molecule has 4 rings (SSSR count). The highest BCUT2D eigenvalue weighted by molar-refractivity contribution is 7.99. The molecule has 0 radical (unpaired) electrons. The average molecular weight is 369 g/mol. The summed E-state index contributed by atoms with van der Waals surface area (Å²) in [6, 6.07) is 16.1. The average Bonchev–Trinajstić information content (AvgIpc) is 3.43. The van der Waals surface area contributed by atoms with Crippen molar-refractivity contribution in [3.63, 3.8) is 0 Å². The third-order valence-corrected chi connectivity index (χ3v) is 6.07. The molecular weight excluding hydrogens is 346 g/mol. The van der Waals surface area contributed by atoms with Crippen LogP contribution in [0.2, 0.25) is 0 Å². The molecule has 1 atom stereocenters. The lowest BCUT2D eigenvalue weighted by atomic mass is 10.1. The van der Waals surface area contributed by atoms with Crippen molar-refractivity contribution in [2.45, 2.75) is 24.8 Å². The Hall–Kier alpha value is -2.14. The number of hydrogen-bond donors (Lipinski definition) is 0. The summed E-state index contributed by atoms with van der Waals surface area (Å²) >= 11 is 1.82. The van der Waals surface area contributed by atoms with Crippen LogP contribution >= 0.6 is 11.8 Å². The van der Waals surface area contributed by atoms with Crippen molar-refractivity contribution in [1.29, 1.82) is 0 Å². The molecule has 4 nitrogen and oxygen atoms in total. The monoisotopic (exact) mass is 369 g/mol. The number of benzene rings is 2. The fourth-order valence-electron chi connectivity index (χ4n) is 3.23. The molecule has 136 valence electrons. The summed E-state index contributed by atoms with van der Waals surface area (Å²) < 4.78 is 11.5. The zero-order chi connectivity index (χ0) is 17.9. The number of hydrogen-bond acceptors (Lipinski definition) is 4. The lowest BCUT2D eigenvalue weighted by molar-refractivity contribution is -0.132. The molecule has 0 bridgehead atoms. The van der Waals surface area contributed by atoms with Crippen molar-refractivity contribution in [2.24, 2.45) is 5.92 Å². The second kappa shape index (κ2) is 7.62. The molecule has 0 N–H and O–H groups in total. The SMILES string of the molecule is COc1ccc([C@H]2SCCN2C(=O)C2CC2)cc1OCc1ccccc1. The van der Waals surface area contributed by atoms with Gasteiger partial charge in [0.1, 0.15) is 12.0 Å². The molecule has 0 spiro atoms. The zero-order valence-electron chi connectivity index (χ0n) is 14.9. The van der Waals surface area contributed by atoms with E-state index in [0.717, 1.165) is 42.0 Å². The standard InChI is InChI=1S/C21H23NO3S/c1-24-18-10-9-17(13-19(18)25-14-15-5-3-2-4-6-15)21-22(11-12-26-21)20(23)16-7-8-16/h2-6,9-10,13,16,21H,7-8,11-12,14H2,1H3/t21-/m1/s1. The van der Waals surface area contributed by atoms with Gasteiger partial charge in [-0.15, -0.1) is 11.8 Å². The maximum atomic E-state index is 12.6. The summed E-state index contributed by atoms with van der Waals surface area (Å²) in [6.07, 6.45) is 2.08. The Kier molecular flexibility index (Phi) is 5.07. The first-order valence-electron chi connectivity index (χ1n) is 9.03. The van der Waals surface area contributed by atoms with E-state index in [2.05, 4.69) is 0 Å². The fraction of sp³-hybridized carbons (Fsp3) is 0.381. The van der Waals surface area contributed by atoms with Gasteiger partial charge in [-0.2, -0.15) is 0 Å². The molecule has 1 aliphatic carbocycles. The molecular formula is C21H23NO3S. The van der Waals surface area contributed by atoms with Crippen LogP contribution in [0.25, 0.3) is 0 Å². The van der Waals surface area contributed by atoms with Crippen molar-refractivity contribution in [1.82, 2.24) is 4.90 Å². The van der Waals surface area contributed by atoms with Crippen LogP contribution in [-0.4, -0.2) is 30.2 Å². The van der Waals surface area contributed by atoms with Gasteiger partial charge in [-0.3, -0.25) is 4.79 Å². The van der Waals surface area contributed by atoms with Crippen LogP contribution in [0.5, 0.6) is 11.5 Å². The van der Waals surface area contributed by atoms with E-state index in [9.17, 15) is 4.79 Å². The second-order valence-corrected chi connectivity index (χ2v) is 7.90. The van der Waals surface area contributed by atoms with E-state index in [0.29, 0.717) is 18.3 Å². The lowest BCUT2D eigenvalue weighted by Crippen LogP contribution is -2.31. The molecule has 1 saturated carbocycles. The number of thioether (sulfide) groups is 1. The number of nitrogens with zero attached hydrogens (tertiary/aromatic N) is 1. The van der Waals surface area contributed by atoms with Crippen LogP contribution < -0.4 is 9.47 Å². The smallest absolute Gasteiger partial charge is 0.226 e. The van der Waals surface area contributed by atoms with E-state index in [1.807, 2.05) is 65.2 Å². The van der Waals surface area contributed by atoms with Gasteiger partial charge >= 0.3 is 0 Å². The van der Waals surface area contributed by atoms with E-state index in [4.69, 9.17) is 9.47 Å². The van der Waals surface area contributed by atoms with E-state index in [-0.39, 0.29) is 11.3 Å². The molecule has 2 aromatic carbocycles. The summed E-state index contributed by atoms with van der Waals surface area (Å²) in [6.45, 7) is 1.32. The first-order valence-corrected chi connectivity index (χ1v) is 10.1. The molecule has 2 fully saturated rings. The quantitative estimate of drug-likeness (QED) is 0.763. The predicted molar refractivity (Wildman–Crippen MR) is 103 cm³/mol. The lowest BCUT2D eigenvalue weighted by Gasteiger charge is -2.25. The van der Waals surface area contributed by atoms with Crippen LogP contribution in [0.1, 0.15) is 29.3 Å². The molecule has 1 aliphatic heterocycles. The summed E-state index contributed by atoms with van der Waals surface area (Å²) in [4.78, 5) is 14.6. The molecule has 2 aromatic rings. The number of carbonyl (C=O) groups is 1. The third kappa shape index (κ3) is 3.68. The van der Waals surface area contributed by atoms with Crippen LogP contribution in [0.4, 0.5) is 0 Å². The highest BCUT2D eigenvalue weighted by atomic mass is 32.2. The van der Waals surface area contributed by atoms with Crippen molar-refractivity contribution in [3.05, 3.63) is 59.7 Å². The number of ether oxygens (including phenoxy) is 2. The summed E-state index contributed by atoms with van der Waals surface area (Å²) in [7, 11) is 1.65. The van der Waals surface area contributed by atoms with E-state index in [1.165, 1.54) is 0 Å². The van der Waals surface area contributed by atoms with Crippen molar-refractivity contribution in [3.8, 4) is 11.5 Å². The third-order valence-electron chi connectivity index (χ3n) is 4.81. The molecule has 0 aromatic heterocycles. The van der Waals surface area contributed by atoms with Gasteiger partial charge < -0.3 is 14.4 Å². The number of rotatable bonds is 6. The first kappa shape index (κ1) is 17.3. The highest BCUT2D eigenvalue weighted by Crippen LogP contribution is 2.44. The molecule has 2 aliphatic rings. The Bertz CT molecular complexity index is 776. The fourth-order valence-corrected chi connectivity index (χ4v) is 4.49. The van der Waals surface area contributed by atoms with Gasteiger partial charge in [-0.25, -0.2) is 0 Å². The second-order valence-electron chi connectivity index (χ2n) is 6.71. The molecule has 1 heterocycles. The normalized spacial score (nSPS) is 19.4. The minimum absolute atomic E-state index is 0.0769. The maximum Gasteiger partial charge on any atom is 0.226 e. The molecule has 5 heteroatoms. The predicted octanol–water partition coefficient (Wildman–Crippen LogP) is 4.26. The zero-order valence-corrected chi connectivity index (χ0v) is 15.7.